The number of nitrogens with one attached hydrogen (secondary N) is 1. The van der Waals surface area contributed by atoms with E-state index in [1.165, 1.54) is 11.8 Å². The van der Waals surface area contributed by atoms with Crippen LogP contribution in [0.4, 0.5) is 5.69 Å². The highest BCUT2D eigenvalue weighted by Crippen LogP contribution is 2.24. The molecule has 8 nitrogen and oxygen atoms in total. The van der Waals surface area contributed by atoms with Crippen LogP contribution in [-0.4, -0.2) is 32.3 Å². The average Bonchev–Trinajstić information content (AvgIpc) is 3.05. The molecule has 3 rings (SSSR count). The summed E-state index contributed by atoms with van der Waals surface area (Å²) < 4.78 is 7.41. The van der Waals surface area contributed by atoms with E-state index in [-0.39, 0.29) is 23.8 Å². The Bertz CT molecular complexity index is 1040. The first-order chi connectivity index (χ1) is 14.0. The molecule has 0 aliphatic heterocycles. The van der Waals surface area contributed by atoms with Crippen molar-refractivity contribution >= 4 is 40.9 Å². The molecule has 0 aliphatic carbocycles. The third kappa shape index (κ3) is 5.27. The van der Waals surface area contributed by atoms with Crippen LogP contribution in [0.25, 0.3) is 0 Å². The van der Waals surface area contributed by atoms with Crippen LogP contribution in [-0.2, 0) is 18.4 Å². The highest BCUT2D eigenvalue weighted by Gasteiger charge is 2.14. The molecule has 0 saturated carbocycles. The van der Waals surface area contributed by atoms with Gasteiger partial charge in [-0.3, -0.25) is 9.59 Å². The smallest absolute Gasteiger partial charge is 0.250 e. The van der Waals surface area contributed by atoms with Gasteiger partial charge in [0.25, 0.3) is 5.91 Å². The highest BCUT2D eigenvalue weighted by molar-refractivity contribution is 7.99. The Morgan fingerprint density at radius 3 is 2.66 bits per heavy atom. The first kappa shape index (κ1) is 20.7. The van der Waals surface area contributed by atoms with Crippen LogP contribution in [0.5, 0.6) is 5.75 Å². The summed E-state index contributed by atoms with van der Waals surface area (Å²) >= 11 is 7.29. The maximum atomic E-state index is 12.2. The monoisotopic (exact) mass is 431 g/mol. The van der Waals surface area contributed by atoms with Gasteiger partial charge >= 0.3 is 0 Å². The van der Waals surface area contributed by atoms with Gasteiger partial charge in [-0.2, -0.15) is 0 Å². The second-order valence-corrected chi connectivity index (χ2v) is 7.27. The fourth-order valence-corrected chi connectivity index (χ4v) is 3.34. The minimum absolute atomic E-state index is 0.0877. The number of nitrogens with two attached hydrogens (primary N) is 1. The Morgan fingerprint density at radius 2 is 1.90 bits per heavy atom. The van der Waals surface area contributed by atoms with Crippen molar-refractivity contribution in [1.82, 2.24) is 14.8 Å². The molecule has 0 aliphatic rings. The molecule has 0 radical (unpaired) electrons. The number of amides is 2. The number of hydrogen-bond donors (Lipinski definition) is 2. The number of thioether (sulfide) groups is 1. The van der Waals surface area contributed by atoms with Gasteiger partial charge in [0.05, 0.1) is 22.0 Å². The zero-order chi connectivity index (χ0) is 20.8. The number of carbonyl (C=O) groups excluding carboxylic acids is 2. The van der Waals surface area contributed by atoms with Crippen LogP contribution >= 0.6 is 23.4 Å². The lowest BCUT2D eigenvalue weighted by molar-refractivity contribution is -0.113. The molecule has 10 heteroatoms. The standard InChI is InChI=1S/C19H18ClN5O3S/c1-25-16(10-28-15-9-5-3-7-13(15)20)23-24-19(25)29-11-17(26)22-14-8-4-2-6-12(14)18(21)27/h2-9H,10-11H2,1H3,(H2,21,27)(H,22,26). The number of halogens is 1. The van der Waals surface area contributed by atoms with Crippen molar-refractivity contribution in [3.8, 4) is 5.75 Å². The first-order valence-corrected chi connectivity index (χ1v) is 9.89. The molecular formula is C19H18ClN5O3S. The number of para-hydroxylation sites is 2. The Balaban J connectivity index is 1.57. The number of nitrogens with zero attached hydrogens (tertiary/aromatic N) is 3. The van der Waals surface area contributed by atoms with Crippen molar-refractivity contribution < 1.29 is 14.3 Å². The summed E-state index contributed by atoms with van der Waals surface area (Å²) in [5.41, 5.74) is 5.95. The lowest BCUT2D eigenvalue weighted by Gasteiger charge is -2.09. The number of hydrogen-bond acceptors (Lipinski definition) is 6. The SMILES string of the molecule is Cn1c(COc2ccccc2Cl)nnc1SCC(=O)Nc1ccccc1C(N)=O. The van der Waals surface area contributed by atoms with Crippen LogP contribution < -0.4 is 15.8 Å². The van der Waals surface area contributed by atoms with Crippen molar-refractivity contribution in [3.63, 3.8) is 0 Å². The molecule has 3 N–H and O–H groups in total. The molecule has 29 heavy (non-hydrogen) atoms. The Morgan fingerprint density at radius 1 is 1.17 bits per heavy atom. The van der Waals surface area contributed by atoms with E-state index in [4.69, 9.17) is 22.1 Å². The predicted molar refractivity (Wildman–Crippen MR) is 111 cm³/mol. The molecule has 0 atom stereocenters. The van der Waals surface area contributed by atoms with Crippen LogP contribution in [0.1, 0.15) is 16.2 Å². The largest absolute Gasteiger partial charge is 0.484 e. The lowest BCUT2D eigenvalue weighted by atomic mass is 10.1. The number of rotatable bonds is 8. The third-order valence-corrected chi connectivity index (χ3v) is 5.25. The fourth-order valence-electron chi connectivity index (χ4n) is 2.42. The summed E-state index contributed by atoms with van der Waals surface area (Å²) in [7, 11) is 1.79. The molecule has 1 heterocycles. The second-order valence-electron chi connectivity index (χ2n) is 5.92. The highest BCUT2D eigenvalue weighted by atomic mass is 35.5. The van der Waals surface area contributed by atoms with Gasteiger partial charge in [0.2, 0.25) is 5.91 Å². The van der Waals surface area contributed by atoms with E-state index >= 15 is 0 Å². The molecule has 150 valence electrons. The van der Waals surface area contributed by atoms with E-state index in [1.807, 2.05) is 12.1 Å². The number of aromatic nitrogens is 3. The van der Waals surface area contributed by atoms with Gasteiger partial charge < -0.3 is 20.4 Å². The summed E-state index contributed by atoms with van der Waals surface area (Å²) in [6, 6.07) is 13.7. The number of benzene rings is 2. The predicted octanol–water partition coefficient (Wildman–Crippen LogP) is 2.88. The number of carbonyl (C=O) groups is 2. The summed E-state index contributed by atoms with van der Waals surface area (Å²) in [6.45, 7) is 0.186. The van der Waals surface area contributed by atoms with Crippen LogP contribution in [0, 0.1) is 0 Å². The van der Waals surface area contributed by atoms with Gasteiger partial charge in [-0.15, -0.1) is 10.2 Å². The number of ether oxygens (including phenoxy) is 1. The molecule has 0 fully saturated rings. The quantitative estimate of drug-likeness (QED) is 0.530. The topological polar surface area (TPSA) is 112 Å². The molecule has 0 bridgehead atoms. The molecule has 1 aromatic heterocycles. The zero-order valence-electron chi connectivity index (χ0n) is 15.5. The molecule has 3 aromatic rings. The average molecular weight is 432 g/mol. The summed E-state index contributed by atoms with van der Waals surface area (Å²) in [5.74, 6) is 0.334. The van der Waals surface area contributed by atoms with Gasteiger partial charge in [0, 0.05) is 7.05 Å². The summed E-state index contributed by atoms with van der Waals surface area (Å²) in [6.07, 6.45) is 0. The van der Waals surface area contributed by atoms with Gasteiger partial charge in [0.15, 0.2) is 11.0 Å². The molecule has 0 unspecified atom stereocenters. The van der Waals surface area contributed by atoms with E-state index in [2.05, 4.69) is 15.5 Å². The second kappa shape index (κ2) is 9.44. The molecular weight excluding hydrogens is 414 g/mol. The normalized spacial score (nSPS) is 10.6. The maximum absolute atomic E-state index is 12.2. The van der Waals surface area contributed by atoms with E-state index in [0.29, 0.717) is 27.4 Å². The summed E-state index contributed by atoms with van der Waals surface area (Å²) in [5, 5.41) is 11.9. The fraction of sp³-hybridized carbons (Fsp3) is 0.158. The molecule has 2 aromatic carbocycles. The minimum atomic E-state index is -0.606. The van der Waals surface area contributed by atoms with Crippen molar-refractivity contribution in [2.45, 2.75) is 11.8 Å². The van der Waals surface area contributed by atoms with Crippen molar-refractivity contribution in [2.24, 2.45) is 12.8 Å². The zero-order valence-corrected chi connectivity index (χ0v) is 17.0. The third-order valence-electron chi connectivity index (χ3n) is 3.92. The first-order valence-electron chi connectivity index (χ1n) is 8.52. The molecule has 2 amide bonds. The number of anilines is 1. The van der Waals surface area contributed by atoms with E-state index in [1.54, 1.807) is 48.0 Å². The Hall–Kier alpha value is -3.04. The van der Waals surface area contributed by atoms with Crippen molar-refractivity contribution in [3.05, 3.63) is 64.9 Å². The van der Waals surface area contributed by atoms with E-state index in [9.17, 15) is 9.59 Å². The molecule has 0 saturated heterocycles. The molecule has 0 spiro atoms. The van der Waals surface area contributed by atoms with E-state index in [0.717, 1.165) is 0 Å². The van der Waals surface area contributed by atoms with E-state index < -0.39 is 5.91 Å². The lowest BCUT2D eigenvalue weighted by Crippen LogP contribution is -2.19. The van der Waals surface area contributed by atoms with Crippen LogP contribution in [0.2, 0.25) is 5.02 Å². The van der Waals surface area contributed by atoms with Gasteiger partial charge in [0.1, 0.15) is 12.4 Å². The Kier molecular flexibility index (Phi) is 6.73. The number of primary amides is 1. The van der Waals surface area contributed by atoms with Gasteiger partial charge in [-0.1, -0.05) is 47.6 Å². The van der Waals surface area contributed by atoms with Crippen LogP contribution in [0.3, 0.4) is 0 Å². The van der Waals surface area contributed by atoms with Crippen molar-refractivity contribution in [2.75, 3.05) is 11.1 Å². The minimum Gasteiger partial charge on any atom is -0.484 e. The maximum Gasteiger partial charge on any atom is 0.250 e. The van der Waals surface area contributed by atoms with Gasteiger partial charge in [-0.25, -0.2) is 0 Å². The Labute approximate surface area is 176 Å². The van der Waals surface area contributed by atoms with Gasteiger partial charge in [-0.05, 0) is 24.3 Å². The summed E-state index contributed by atoms with van der Waals surface area (Å²) in [4.78, 5) is 23.7. The van der Waals surface area contributed by atoms with Crippen molar-refractivity contribution in [1.29, 1.82) is 0 Å². The van der Waals surface area contributed by atoms with Crippen LogP contribution in [0.15, 0.2) is 53.7 Å².